The van der Waals surface area contributed by atoms with Crippen molar-refractivity contribution in [2.24, 2.45) is 0 Å². The zero-order valence-corrected chi connectivity index (χ0v) is 12.9. The van der Waals surface area contributed by atoms with Gasteiger partial charge in [0.15, 0.2) is 0 Å². The summed E-state index contributed by atoms with van der Waals surface area (Å²) < 4.78 is 0. The van der Waals surface area contributed by atoms with Crippen molar-refractivity contribution in [2.45, 2.75) is 46.5 Å². The van der Waals surface area contributed by atoms with E-state index in [1.165, 1.54) is 0 Å². The molecule has 0 saturated heterocycles. The Bertz CT molecular complexity index is 399. The first kappa shape index (κ1) is 16.2. The summed E-state index contributed by atoms with van der Waals surface area (Å²) in [6.07, 6.45) is 4.01. The first-order chi connectivity index (χ1) is 9.13. The molecule has 1 N–H and O–H groups in total. The maximum absolute atomic E-state index is 9.21. The second-order valence-corrected chi connectivity index (χ2v) is 5.05. The average Bonchev–Trinajstić information content (AvgIpc) is 2.39. The van der Waals surface area contributed by atoms with Gasteiger partial charge < -0.3 is 10.0 Å². The van der Waals surface area contributed by atoms with Crippen molar-refractivity contribution in [3.63, 3.8) is 0 Å². The summed E-state index contributed by atoms with van der Waals surface area (Å²) in [5.74, 6) is 1.65. The quantitative estimate of drug-likeness (QED) is 0.746. The van der Waals surface area contributed by atoms with Crippen molar-refractivity contribution in [2.75, 3.05) is 24.6 Å². The Balaban J connectivity index is 3.04. The van der Waals surface area contributed by atoms with Gasteiger partial charge in [-0.25, -0.2) is 9.97 Å². The second kappa shape index (κ2) is 8.33. The first-order valence-corrected chi connectivity index (χ1v) is 7.40. The Labute approximate surface area is 120 Å². The van der Waals surface area contributed by atoms with E-state index in [9.17, 15) is 5.11 Å². The fourth-order valence-corrected chi connectivity index (χ4v) is 2.14. The third-order valence-electron chi connectivity index (χ3n) is 3.03. The molecule has 0 atom stereocenters. The lowest BCUT2D eigenvalue weighted by molar-refractivity contribution is 0.301. The van der Waals surface area contributed by atoms with E-state index < -0.39 is 0 Å². The highest BCUT2D eigenvalue weighted by molar-refractivity contribution is 6.30. The third kappa shape index (κ3) is 4.62. The van der Waals surface area contributed by atoms with E-state index in [0.29, 0.717) is 11.7 Å². The number of rotatable bonds is 8. The van der Waals surface area contributed by atoms with E-state index in [4.69, 9.17) is 11.6 Å². The number of hydrogen-bond donors (Lipinski definition) is 1. The van der Waals surface area contributed by atoms with Crippen molar-refractivity contribution < 1.29 is 5.11 Å². The molecule has 5 heteroatoms. The number of anilines is 1. The molecule has 0 unspecified atom stereocenters. The van der Waals surface area contributed by atoms with E-state index in [2.05, 4.69) is 28.7 Å². The minimum Gasteiger partial charge on any atom is -0.395 e. The molecule has 0 radical (unpaired) electrons. The Hall–Kier alpha value is -0.870. The van der Waals surface area contributed by atoms with Crippen LogP contribution < -0.4 is 4.90 Å². The molecule has 0 saturated carbocycles. The molecular weight excluding hydrogens is 262 g/mol. The average molecular weight is 286 g/mol. The van der Waals surface area contributed by atoms with Crippen LogP contribution in [-0.2, 0) is 6.42 Å². The summed E-state index contributed by atoms with van der Waals surface area (Å²) in [4.78, 5) is 11.0. The van der Waals surface area contributed by atoms with Gasteiger partial charge in [-0.3, -0.25) is 0 Å². The molecular formula is C14H24ClN3O. The summed E-state index contributed by atoms with van der Waals surface area (Å²) in [7, 11) is 0. The number of aryl methyl sites for hydroxylation is 1. The van der Waals surface area contributed by atoms with Gasteiger partial charge in [0.25, 0.3) is 0 Å². The van der Waals surface area contributed by atoms with Crippen LogP contribution in [0.4, 0.5) is 5.82 Å². The van der Waals surface area contributed by atoms with Crippen molar-refractivity contribution in [3.05, 3.63) is 16.5 Å². The molecule has 19 heavy (non-hydrogen) atoms. The molecule has 4 nitrogen and oxygen atoms in total. The van der Waals surface area contributed by atoms with Gasteiger partial charge in [-0.05, 0) is 19.8 Å². The van der Waals surface area contributed by atoms with Crippen LogP contribution in [0.2, 0.25) is 5.15 Å². The van der Waals surface area contributed by atoms with Crippen molar-refractivity contribution in [1.82, 2.24) is 9.97 Å². The minimum atomic E-state index is 0.119. The summed E-state index contributed by atoms with van der Waals surface area (Å²) in [6, 6.07) is 0. The van der Waals surface area contributed by atoms with Crippen molar-refractivity contribution >= 4 is 17.4 Å². The smallest absolute Gasteiger partial charge is 0.137 e. The second-order valence-electron chi connectivity index (χ2n) is 4.69. The summed E-state index contributed by atoms with van der Waals surface area (Å²) >= 11 is 6.19. The molecule has 0 fully saturated rings. The monoisotopic (exact) mass is 285 g/mol. The maximum atomic E-state index is 9.21. The molecule has 108 valence electrons. The van der Waals surface area contributed by atoms with Crippen LogP contribution in [0.15, 0.2) is 0 Å². The summed E-state index contributed by atoms with van der Waals surface area (Å²) in [5, 5.41) is 9.73. The number of hydrogen-bond acceptors (Lipinski definition) is 4. The maximum Gasteiger partial charge on any atom is 0.137 e. The molecule has 1 aromatic heterocycles. The number of unbranched alkanes of at least 4 members (excludes halogenated alkanes) is 1. The number of nitrogens with zero attached hydrogens (tertiary/aromatic N) is 3. The highest BCUT2D eigenvalue weighted by Crippen LogP contribution is 2.24. The Morgan fingerprint density at radius 1 is 1.16 bits per heavy atom. The van der Waals surface area contributed by atoms with Crippen LogP contribution in [0.1, 0.15) is 44.5 Å². The number of aliphatic hydroxyl groups is 1. The normalized spacial score (nSPS) is 10.8. The molecule has 0 spiro atoms. The number of aliphatic hydroxyl groups excluding tert-OH is 1. The number of aromatic nitrogens is 2. The molecule has 0 aliphatic carbocycles. The first-order valence-electron chi connectivity index (χ1n) is 7.02. The highest BCUT2D eigenvalue weighted by atomic mass is 35.5. The topological polar surface area (TPSA) is 49.2 Å². The van der Waals surface area contributed by atoms with Crippen molar-refractivity contribution in [1.29, 1.82) is 0 Å². The van der Waals surface area contributed by atoms with Crippen molar-refractivity contribution in [3.8, 4) is 0 Å². The molecule has 1 rings (SSSR count). The van der Waals surface area contributed by atoms with Gasteiger partial charge in [-0.2, -0.15) is 0 Å². The van der Waals surface area contributed by atoms with Crippen LogP contribution in [0.25, 0.3) is 0 Å². The number of halogens is 1. The predicted octanol–water partition coefficient (Wildman–Crippen LogP) is 2.99. The molecule has 0 aliphatic rings. The van der Waals surface area contributed by atoms with Crippen LogP contribution in [0, 0.1) is 6.92 Å². The van der Waals surface area contributed by atoms with Crippen LogP contribution in [0.3, 0.4) is 0 Å². The van der Waals surface area contributed by atoms with E-state index >= 15 is 0 Å². The van der Waals surface area contributed by atoms with Gasteiger partial charge in [0.05, 0.1) is 6.61 Å². The molecule has 1 aromatic rings. The lowest BCUT2D eigenvalue weighted by atomic mass is 10.2. The van der Waals surface area contributed by atoms with Crippen LogP contribution >= 0.6 is 11.6 Å². The molecule has 0 amide bonds. The van der Waals surface area contributed by atoms with Crippen LogP contribution in [0.5, 0.6) is 0 Å². The van der Waals surface area contributed by atoms with E-state index in [0.717, 1.165) is 49.4 Å². The fourth-order valence-electron chi connectivity index (χ4n) is 1.96. The van der Waals surface area contributed by atoms with Gasteiger partial charge in [0.1, 0.15) is 16.8 Å². The largest absolute Gasteiger partial charge is 0.395 e. The molecule has 0 aliphatic heterocycles. The van der Waals surface area contributed by atoms with Gasteiger partial charge >= 0.3 is 0 Å². The lowest BCUT2D eigenvalue weighted by Gasteiger charge is -2.25. The predicted molar refractivity (Wildman–Crippen MR) is 80.0 cm³/mol. The third-order valence-corrected chi connectivity index (χ3v) is 3.40. The SMILES string of the molecule is CCCCN(CCO)c1nc(CCC)nc(Cl)c1C. The minimum absolute atomic E-state index is 0.119. The zero-order chi connectivity index (χ0) is 14.3. The van der Waals surface area contributed by atoms with E-state index in [-0.39, 0.29) is 6.61 Å². The van der Waals surface area contributed by atoms with Crippen LogP contribution in [-0.4, -0.2) is 34.8 Å². The molecule has 1 heterocycles. The summed E-state index contributed by atoms with van der Waals surface area (Å²) in [6.45, 7) is 7.77. The highest BCUT2D eigenvalue weighted by Gasteiger charge is 2.15. The van der Waals surface area contributed by atoms with E-state index in [1.807, 2.05) is 6.92 Å². The Morgan fingerprint density at radius 2 is 1.89 bits per heavy atom. The van der Waals surface area contributed by atoms with E-state index in [1.54, 1.807) is 0 Å². The lowest BCUT2D eigenvalue weighted by Crippen LogP contribution is -2.30. The van der Waals surface area contributed by atoms with Gasteiger partial charge in [-0.1, -0.05) is 31.9 Å². The molecule has 0 bridgehead atoms. The fraction of sp³-hybridized carbons (Fsp3) is 0.714. The van der Waals surface area contributed by atoms with Gasteiger partial charge in [0, 0.05) is 25.1 Å². The Kier molecular flexibility index (Phi) is 7.10. The Morgan fingerprint density at radius 3 is 2.47 bits per heavy atom. The zero-order valence-electron chi connectivity index (χ0n) is 12.1. The summed E-state index contributed by atoms with van der Waals surface area (Å²) in [5.41, 5.74) is 0.895. The van der Waals surface area contributed by atoms with Gasteiger partial charge in [-0.15, -0.1) is 0 Å². The molecule has 0 aromatic carbocycles. The standard InChI is InChI=1S/C14H24ClN3O/c1-4-6-8-18(9-10-19)14-11(3)13(15)16-12(17-14)7-5-2/h19H,4-10H2,1-3H3. The van der Waals surface area contributed by atoms with Gasteiger partial charge in [0.2, 0.25) is 0 Å².